The second-order valence-corrected chi connectivity index (χ2v) is 14.7. The first-order valence-corrected chi connectivity index (χ1v) is 19.3. The molecule has 0 saturated heterocycles. The first-order valence-electron chi connectivity index (χ1n) is 19.3. The van der Waals surface area contributed by atoms with Gasteiger partial charge >= 0.3 is 0 Å². The van der Waals surface area contributed by atoms with Crippen LogP contribution in [0.5, 0.6) is 0 Å². The third-order valence-electron chi connectivity index (χ3n) is 10.4. The summed E-state index contributed by atoms with van der Waals surface area (Å²) >= 11 is 0. The zero-order chi connectivity index (χ0) is 38.4. The summed E-state index contributed by atoms with van der Waals surface area (Å²) in [6.45, 7) is 8.53. The minimum atomic E-state index is 1.05. The lowest BCUT2D eigenvalue weighted by Crippen LogP contribution is -2.00. The van der Waals surface area contributed by atoms with Gasteiger partial charge in [0.25, 0.3) is 0 Å². The maximum atomic E-state index is 3.87. The summed E-state index contributed by atoms with van der Waals surface area (Å²) in [6.07, 6.45) is 4.59. The quantitative estimate of drug-likeness (QED) is 0.137. The molecule has 0 atom stereocenters. The summed E-state index contributed by atoms with van der Waals surface area (Å²) in [4.78, 5) is 0. The standard InChI is InChI=1S/C54H46N2/c1-37-17-25-41(26-18-37)35-49(43-29-21-39(3)22-30-43)47-13-7-9-15-51(47)55-53-33-34-54(46-12-6-5-11-45(46)53)56-52-16-10-8-14-48(52)50(44-31-23-40(4)24-32-44)36-42-27-19-38(2)20-28-42/h5-36,55-56H,1-4H3. The number of fused-ring (bicyclic) bond motifs is 1. The van der Waals surface area contributed by atoms with E-state index in [1.807, 2.05) is 0 Å². The molecule has 2 N–H and O–H groups in total. The van der Waals surface area contributed by atoms with Gasteiger partial charge in [0.05, 0.1) is 0 Å². The van der Waals surface area contributed by atoms with Gasteiger partial charge in [-0.05, 0) is 97.5 Å². The van der Waals surface area contributed by atoms with Gasteiger partial charge in [0.15, 0.2) is 0 Å². The Kier molecular flexibility index (Phi) is 10.5. The highest BCUT2D eigenvalue weighted by atomic mass is 14.9. The molecule has 8 rings (SSSR count). The largest absolute Gasteiger partial charge is 0.355 e. The normalized spacial score (nSPS) is 11.8. The molecule has 0 amide bonds. The number of hydrogen-bond donors (Lipinski definition) is 2. The van der Waals surface area contributed by atoms with Crippen LogP contribution in [0, 0.1) is 27.7 Å². The molecule has 0 radical (unpaired) electrons. The van der Waals surface area contributed by atoms with Crippen molar-refractivity contribution in [1.29, 1.82) is 0 Å². The fourth-order valence-corrected chi connectivity index (χ4v) is 7.22. The van der Waals surface area contributed by atoms with E-state index in [4.69, 9.17) is 0 Å². The molecule has 0 fully saturated rings. The van der Waals surface area contributed by atoms with Gasteiger partial charge in [-0.25, -0.2) is 0 Å². The van der Waals surface area contributed by atoms with Crippen LogP contribution in [0.2, 0.25) is 0 Å². The summed E-state index contributed by atoms with van der Waals surface area (Å²) in [5.74, 6) is 0. The third-order valence-corrected chi connectivity index (χ3v) is 10.4. The summed E-state index contributed by atoms with van der Waals surface area (Å²) in [7, 11) is 0. The Labute approximate surface area is 331 Å². The molecule has 2 heteroatoms. The molecule has 0 unspecified atom stereocenters. The van der Waals surface area contributed by atoms with Gasteiger partial charge < -0.3 is 10.6 Å². The molecule has 0 bridgehead atoms. The lowest BCUT2D eigenvalue weighted by molar-refractivity contribution is 1.44. The fraction of sp³-hybridized carbons (Fsp3) is 0.0741. The molecule has 0 saturated carbocycles. The number of hydrogen-bond acceptors (Lipinski definition) is 2. The molecule has 0 aromatic heterocycles. The molecule has 8 aromatic rings. The number of anilines is 4. The van der Waals surface area contributed by atoms with Gasteiger partial charge in [0, 0.05) is 44.6 Å². The smallest absolute Gasteiger partial charge is 0.0465 e. The maximum Gasteiger partial charge on any atom is 0.0465 e. The lowest BCUT2D eigenvalue weighted by Gasteiger charge is -2.20. The fourth-order valence-electron chi connectivity index (χ4n) is 7.22. The second kappa shape index (κ2) is 16.2. The summed E-state index contributed by atoms with van der Waals surface area (Å²) in [5.41, 5.74) is 18.5. The van der Waals surface area contributed by atoms with Crippen LogP contribution in [0.4, 0.5) is 22.7 Å². The van der Waals surface area contributed by atoms with Gasteiger partial charge in [-0.3, -0.25) is 0 Å². The van der Waals surface area contributed by atoms with Crippen LogP contribution >= 0.6 is 0 Å². The van der Waals surface area contributed by atoms with Gasteiger partial charge in [-0.1, -0.05) is 180 Å². The average molecular weight is 723 g/mol. The first-order chi connectivity index (χ1) is 27.4. The molecule has 0 aliphatic heterocycles. The number of benzene rings is 8. The maximum absolute atomic E-state index is 3.87. The van der Waals surface area contributed by atoms with Gasteiger partial charge in [-0.2, -0.15) is 0 Å². The summed E-state index contributed by atoms with van der Waals surface area (Å²) < 4.78 is 0. The Morgan fingerprint density at radius 1 is 0.321 bits per heavy atom. The highest BCUT2D eigenvalue weighted by Crippen LogP contribution is 2.39. The zero-order valence-corrected chi connectivity index (χ0v) is 32.5. The Morgan fingerprint density at radius 2 is 0.643 bits per heavy atom. The lowest BCUT2D eigenvalue weighted by atomic mass is 9.93. The Bertz CT molecular complexity index is 2490. The molecule has 56 heavy (non-hydrogen) atoms. The Balaban J connectivity index is 1.18. The van der Waals surface area contributed by atoms with E-state index in [2.05, 4.69) is 232 Å². The molecular weight excluding hydrogens is 677 g/mol. The van der Waals surface area contributed by atoms with Crippen LogP contribution < -0.4 is 10.6 Å². The summed E-state index contributed by atoms with van der Waals surface area (Å²) in [6, 6.07) is 65.4. The molecule has 2 nitrogen and oxygen atoms in total. The highest BCUT2D eigenvalue weighted by Gasteiger charge is 2.15. The van der Waals surface area contributed by atoms with Crippen LogP contribution in [0.3, 0.4) is 0 Å². The zero-order valence-electron chi connectivity index (χ0n) is 32.5. The number of para-hydroxylation sites is 2. The van der Waals surface area contributed by atoms with Crippen LogP contribution in [-0.4, -0.2) is 0 Å². The molecular formula is C54H46N2. The van der Waals surface area contributed by atoms with Crippen molar-refractivity contribution in [2.75, 3.05) is 10.6 Å². The van der Waals surface area contributed by atoms with Crippen molar-refractivity contribution in [2.45, 2.75) is 27.7 Å². The molecule has 0 spiro atoms. The molecule has 272 valence electrons. The van der Waals surface area contributed by atoms with Crippen molar-refractivity contribution in [3.63, 3.8) is 0 Å². The van der Waals surface area contributed by atoms with Gasteiger partial charge in [-0.15, -0.1) is 0 Å². The number of rotatable bonds is 10. The average Bonchev–Trinajstić information content (AvgIpc) is 3.23. The van der Waals surface area contributed by atoms with E-state index in [-0.39, 0.29) is 0 Å². The predicted molar refractivity (Wildman–Crippen MR) is 242 cm³/mol. The predicted octanol–water partition coefficient (Wildman–Crippen LogP) is 14.7. The molecule has 0 aliphatic rings. The van der Waals surface area contributed by atoms with E-state index in [0.717, 1.165) is 44.6 Å². The summed E-state index contributed by atoms with van der Waals surface area (Å²) in [5, 5.41) is 10.0. The van der Waals surface area contributed by atoms with E-state index in [9.17, 15) is 0 Å². The van der Waals surface area contributed by atoms with Crippen LogP contribution in [0.25, 0.3) is 34.1 Å². The topological polar surface area (TPSA) is 24.1 Å². The van der Waals surface area contributed by atoms with Gasteiger partial charge in [0.2, 0.25) is 0 Å². The highest BCUT2D eigenvalue weighted by molar-refractivity contribution is 6.06. The van der Waals surface area contributed by atoms with Crippen molar-refractivity contribution in [3.8, 4) is 0 Å². The number of aryl methyl sites for hydroxylation is 4. The van der Waals surface area contributed by atoms with Crippen molar-refractivity contribution in [3.05, 3.63) is 238 Å². The van der Waals surface area contributed by atoms with E-state index in [1.165, 1.54) is 55.7 Å². The van der Waals surface area contributed by atoms with Crippen molar-refractivity contribution in [1.82, 2.24) is 0 Å². The molecule has 0 aliphatic carbocycles. The van der Waals surface area contributed by atoms with Crippen molar-refractivity contribution >= 4 is 56.8 Å². The number of nitrogens with one attached hydrogen (secondary N) is 2. The SMILES string of the molecule is Cc1ccc(C=C(c2ccc(C)cc2)c2ccccc2Nc2ccc(Nc3ccccc3C(=Cc3ccc(C)cc3)c3ccc(C)cc3)c3ccccc23)cc1. The van der Waals surface area contributed by atoms with E-state index in [1.54, 1.807) is 0 Å². The molecule has 0 heterocycles. The van der Waals surface area contributed by atoms with Crippen LogP contribution in [0.15, 0.2) is 182 Å². The van der Waals surface area contributed by atoms with E-state index >= 15 is 0 Å². The monoisotopic (exact) mass is 722 g/mol. The van der Waals surface area contributed by atoms with Gasteiger partial charge in [0.1, 0.15) is 0 Å². The first kappa shape index (κ1) is 36.1. The van der Waals surface area contributed by atoms with E-state index < -0.39 is 0 Å². The van der Waals surface area contributed by atoms with Crippen LogP contribution in [-0.2, 0) is 0 Å². The Morgan fingerprint density at radius 3 is 1.02 bits per heavy atom. The third kappa shape index (κ3) is 8.11. The van der Waals surface area contributed by atoms with Crippen molar-refractivity contribution in [2.24, 2.45) is 0 Å². The van der Waals surface area contributed by atoms with Crippen molar-refractivity contribution < 1.29 is 0 Å². The second-order valence-electron chi connectivity index (χ2n) is 14.7. The minimum absolute atomic E-state index is 1.05. The van der Waals surface area contributed by atoms with Crippen LogP contribution in [0.1, 0.15) is 55.6 Å². The van der Waals surface area contributed by atoms with E-state index in [0.29, 0.717) is 0 Å². The molecule has 8 aromatic carbocycles. The minimum Gasteiger partial charge on any atom is -0.355 e. The Hall–Kier alpha value is -6.90.